The summed E-state index contributed by atoms with van der Waals surface area (Å²) in [6.45, 7) is 1.60. The summed E-state index contributed by atoms with van der Waals surface area (Å²) < 4.78 is 10.7. The van der Waals surface area contributed by atoms with Crippen LogP contribution in [0.15, 0.2) is 34.7 Å². The minimum Gasteiger partial charge on any atom is -0.484 e. The van der Waals surface area contributed by atoms with E-state index in [1.165, 1.54) is 11.0 Å². The molecule has 1 aromatic heterocycles. The van der Waals surface area contributed by atoms with Gasteiger partial charge in [0.2, 0.25) is 0 Å². The van der Waals surface area contributed by atoms with E-state index in [0.717, 1.165) is 0 Å². The number of hydrogen-bond acceptors (Lipinski definition) is 4. The molecule has 1 aromatic carbocycles. The summed E-state index contributed by atoms with van der Waals surface area (Å²) in [5.74, 6) is -0.0606. The van der Waals surface area contributed by atoms with Crippen LogP contribution < -0.4 is 4.74 Å². The van der Waals surface area contributed by atoms with Crippen molar-refractivity contribution in [3.05, 3.63) is 52.4 Å². The van der Waals surface area contributed by atoms with E-state index >= 15 is 0 Å². The first kappa shape index (κ1) is 16.9. The van der Waals surface area contributed by atoms with E-state index < -0.39 is 5.97 Å². The van der Waals surface area contributed by atoms with Crippen molar-refractivity contribution in [1.82, 2.24) is 4.90 Å². The molecule has 2 aromatic rings. The molecule has 0 fully saturated rings. The largest absolute Gasteiger partial charge is 0.484 e. The summed E-state index contributed by atoms with van der Waals surface area (Å²) in [6.07, 6.45) is 0. The van der Waals surface area contributed by atoms with Crippen molar-refractivity contribution in [3.8, 4) is 5.75 Å². The number of halogens is 1. The van der Waals surface area contributed by atoms with E-state index in [4.69, 9.17) is 25.9 Å². The van der Waals surface area contributed by atoms with Gasteiger partial charge in [-0.25, -0.2) is 4.79 Å². The first-order valence-corrected chi connectivity index (χ1v) is 7.19. The third kappa shape index (κ3) is 4.50. The van der Waals surface area contributed by atoms with E-state index in [2.05, 4.69) is 0 Å². The number of aromatic carboxylic acids is 1. The van der Waals surface area contributed by atoms with Gasteiger partial charge in [-0.3, -0.25) is 4.79 Å². The molecule has 0 spiro atoms. The lowest BCUT2D eigenvalue weighted by atomic mass is 10.2. The molecule has 0 atom stereocenters. The number of carbonyl (C=O) groups is 2. The Hall–Kier alpha value is -2.47. The number of carboxylic acid groups (broad SMARTS) is 1. The summed E-state index contributed by atoms with van der Waals surface area (Å²) in [5, 5.41) is 9.57. The van der Waals surface area contributed by atoms with Crippen molar-refractivity contribution in [3.63, 3.8) is 0 Å². The van der Waals surface area contributed by atoms with Gasteiger partial charge in [-0.1, -0.05) is 11.6 Å². The summed E-state index contributed by atoms with van der Waals surface area (Å²) in [7, 11) is 1.59. The van der Waals surface area contributed by atoms with Crippen LogP contribution in [0.1, 0.15) is 21.9 Å². The smallest absolute Gasteiger partial charge is 0.339 e. The molecule has 0 bridgehead atoms. The Morgan fingerprint density at radius 3 is 2.52 bits per heavy atom. The van der Waals surface area contributed by atoms with E-state index in [9.17, 15) is 9.59 Å². The van der Waals surface area contributed by atoms with Gasteiger partial charge in [0.25, 0.3) is 5.91 Å². The number of furan rings is 1. The normalized spacial score (nSPS) is 10.4. The number of hydrogen-bond donors (Lipinski definition) is 1. The molecule has 1 amide bonds. The topological polar surface area (TPSA) is 80.0 Å². The Balaban J connectivity index is 1.91. The summed E-state index contributed by atoms with van der Waals surface area (Å²) in [5.41, 5.74) is 0.0956. The van der Waals surface area contributed by atoms with Crippen molar-refractivity contribution in [2.45, 2.75) is 13.5 Å². The predicted molar refractivity (Wildman–Crippen MR) is 83.8 cm³/mol. The molecule has 6 nitrogen and oxygen atoms in total. The van der Waals surface area contributed by atoms with E-state index in [0.29, 0.717) is 22.3 Å². The average Bonchev–Trinajstić information content (AvgIpc) is 2.87. The number of likely N-dealkylation sites (N-methyl/N-ethyl adjacent to an activating group) is 1. The zero-order valence-corrected chi connectivity index (χ0v) is 13.5. The number of ether oxygens (including phenoxy) is 1. The van der Waals surface area contributed by atoms with Crippen LogP contribution in [-0.2, 0) is 11.3 Å². The van der Waals surface area contributed by atoms with Crippen LogP contribution >= 0.6 is 11.6 Å². The minimum absolute atomic E-state index is 0.0956. The third-order valence-corrected chi connectivity index (χ3v) is 3.45. The lowest BCUT2D eigenvalue weighted by Crippen LogP contribution is -2.30. The standard InChI is InChI=1S/C16H16ClNO5/c1-10-14(16(20)21)7-13(23-10)8-18(2)15(19)9-22-12-5-3-11(17)4-6-12/h3-7H,8-9H2,1-2H3,(H,20,21). The molecule has 0 aliphatic heterocycles. The zero-order valence-electron chi connectivity index (χ0n) is 12.7. The predicted octanol–water partition coefficient (Wildman–Crippen LogP) is 2.98. The van der Waals surface area contributed by atoms with Crippen molar-refractivity contribution in [2.24, 2.45) is 0 Å². The Morgan fingerprint density at radius 1 is 1.30 bits per heavy atom. The molecule has 0 saturated heterocycles. The highest BCUT2D eigenvalue weighted by Gasteiger charge is 2.17. The quantitative estimate of drug-likeness (QED) is 0.876. The molecule has 0 aliphatic rings. The molecule has 7 heteroatoms. The van der Waals surface area contributed by atoms with Crippen molar-refractivity contribution in [2.75, 3.05) is 13.7 Å². The highest BCUT2D eigenvalue weighted by atomic mass is 35.5. The fourth-order valence-electron chi connectivity index (χ4n) is 1.94. The maximum atomic E-state index is 12.0. The number of carboxylic acids is 1. The van der Waals surface area contributed by atoms with Gasteiger partial charge < -0.3 is 19.2 Å². The number of rotatable bonds is 6. The van der Waals surface area contributed by atoms with Crippen LogP contribution in [0.4, 0.5) is 0 Å². The van der Waals surface area contributed by atoms with Crippen LogP contribution in [0.3, 0.4) is 0 Å². The lowest BCUT2D eigenvalue weighted by molar-refractivity contribution is -0.132. The van der Waals surface area contributed by atoms with Gasteiger partial charge in [0.05, 0.1) is 6.54 Å². The summed E-state index contributed by atoms with van der Waals surface area (Å²) in [4.78, 5) is 24.4. The minimum atomic E-state index is -1.06. The summed E-state index contributed by atoms with van der Waals surface area (Å²) in [6, 6.07) is 8.10. The highest BCUT2D eigenvalue weighted by Crippen LogP contribution is 2.17. The lowest BCUT2D eigenvalue weighted by Gasteiger charge is -2.16. The fraction of sp³-hybridized carbons (Fsp3) is 0.250. The monoisotopic (exact) mass is 337 g/mol. The van der Waals surface area contributed by atoms with Gasteiger partial charge in [-0.05, 0) is 37.3 Å². The van der Waals surface area contributed by atoms with Gasteiger partial charge in [-0.2, -0.15) is 0 Å². The van der Waals surface area contributed by atoms with Gasteiger partial charge >= 0.3 is 5.97 Å². The number of amides is 1. The summed E-state index contributed by atoms with van der Waals surface area (Å²) >= 11 is 5.77. The molecule has 122 valence electrons. The molecule has 0 unspecified atom stereocenters. The average molecular weight is 338 g/mol. The molecule has 0 aliphatic carbocycles. The second kappa shape index (κ2) is 7.19. The van der Waals surface area contributed by atoms with Crippen molar-refractivity contribution in [1.29, 1.82) is 0 Å². The third-order valence-electron chi connectivity index (χ3n) is 3.19. The maximum absolute atomic E-state index is 12.0. The molecule has 23 heavy (non-hydrogen) atoms. The molecule has 0 saturated carbocycles. The Bertz CT molecular complexity index is 708. The maximum Gasteiger partial charge on any atom is 0.339 e. The Kier molecular flexibility index (Phi) is 5.28. The van der Waals surface area contributed by atoms with Crippen LogP contribution in [-0.4, -0.2) is 35.5 Å². The Labute approximate surface area is 138 Å². The van der Waals surface area contributed by atoms with Crippen LogP contribution in [0.25, 0.3) is 0 Å². The first-order chi connectivity index (χ1) is 10.9. The van der Waals surface area contributed by atoms with Crippen LogP contribution in [0, 0.1) is 6.92 Å². The van der Waals surface area contributed by atoms with E-state index in [1.807, 2.05) is 0 Å². The number of benzene rings is 1. The number of aryl methyl sites for hydroxylation is 1. The van der Waals surface area contributed by atoms with E-state index in [1.54, 1.807) is 38.2 Å². The molecule has 0 radical (unpaired) electrons. The highest BCUT2D eigenvalue weighted by molar-refractivity contribution is 6.30. The number of nitrogens with zero attached hydrogens (tertiary/aromatic N) is 1. The fourth-order valence-corrected chi connectivity index (χ4v) is 2.07. The molecular weight excluding hydrogens is 322 g/mol. The number of carbonyl (C=O) groups excluding carboxylic acids is 1. The second-order valence-electron chi connectivity index (χ2n) is 4.98. The first-order valence-electron chi connectivity index (χ1n) is 6.81. The SMILES string of the molecule is Cc1oc(CN(C)C(=O)COc2ccc(Cl)cc2)cc1C(=O)O. The molecule has 1 N–H and O–H groups in total. The van der Waals surface area contributed by atoms with Gasteiger partial charge in [0.15, 0.2) is 6.61 Å². The second-order valence-corrected chi connectivity index (χ2v) is 5.42. The van der Waals surface area contributed by atoms with Crippen LogP contribution in [0.2, 0.25) is 5.02 Å². The molecular formula is C16H16ClNO5. The van der Waals surface area contributed by atoms with Crippen LogP contribution in [0.5, 0.6) is 5.75 Å². The zero-order chi connectivity index (χ0) is 17.0. The Morgan fingerprint density at radius 2 is 1.96 bits per heavy atom. The molecule has 1 heterocycles. The van der Waals surface area contributed by atoms with Crippen molar-refractivity contribution < 1.29 is 23.8 Å². The molecule has 2 rings (SSSR count). The van der Waals surface area contributed by atoms with Gasteiger partial charge in [0.1, 0.15) is 22.8 Å². The van der Waals surface area contributed by atoms with Crippen molar-refractivity contribution >= 4 is 23.5 Å². The van der Waals surface area contributed by atoms with E-state index in [-0.39, 0.29) is 24.6 Å². The van der Waals surface area contributed by atoms with Gasteiger partial charge in [0, 0.05) is 12.1 Å². The van der Waals surface area contributed by atoms with Gasteiger partial charge in [-0.15, -0.1) is 0 Å².